The second-order valence-electron chi connectivity index (χ2n) is 4.75. The van der Waals surface area contributed by atoms with E-state index in [1.807, 2.05) is 25.2 Å². The monoisotopic (exact) mass is 311 g/mol. The standard InChI is InChI=1S/C15H21N3O2.ClH/c1-4-12-7-5-6-8-13(12)19-10-15-17-14(18-20-15)9-11(2)16-3;/h5-8,11,16H,4,9-10H2,1-3H3;1H. The van der Waals surface area contributed by atoms with Crippen LogP contribution in [0, 0.1) is 0 Å². The van der Waals surface area contributed by atoms with Gasteiger partial charge in [0.25, 0.3) is 5.89 Å². The second kappa shape index (κ2) is 8.64. The normalized spacial score (nSPS) is 11.8. The average Bonchev–Trinajstić information content (AvgIpc) is 2.92. The number of nitrogens with zero attached hydrogens (tertiary/aromatic N) is 2. The molecule has 1 atom stereocenters. The summed E-state index contributed by atoms with van der Waals surface area (Å²) in [5.74, 6) is 2.08. The molecule has 0 aliphatic carbocycles. The Labute approximate surface area is 131 Å². The summed E-state index contributed by atoms with van der Waals surface area (Å²) in [5, 5.41) is 7.10. The predicted molar refractivity (Wildman–Crippen MR) is 83.9 cm³/mol. The maximum atomic E-state index is 5.75. The fourth-order valence-corrected chi connectivity index (χ4v) is 1.88. The largest absolute Gasteiger partial charge is 0.483 e. The highest BCUT2D eigenvalue weighted by atomic mass is 35.5. The van der Waals surface area contributed by atoms with Gasteiger partial charge in [-0.3, -0.25) is 0 Å². The van der Waals surface area contributed by atoms with Crippen molar-refractivity contribution < 1.29 is 9.26 Å². The van der Waals surface area contributed by atoms with E-state index in [1.54, 1.807) is 0 Å². The highest BCUT2D eigenvalue weighted by Crippen LogP contribution is 2.19. The van der Waals surface area contributed by atoms with Gasteiger partial charge in [-0.1, -0.05) is 30.3 Å². The molecular formula is C15H22ClN3O2. The first-order valence-corrected chi connectivity index (χ1v) is 6.92. The number of rotatable bonds is 7. The Hall–Kier alpha value is -1.59. The number of nitrogens with one attached hydrogen (secondary N) is 1. The minimum absolute atomic E-state index is 0. The van der Waals surface area contributed by atoms with Crippen LogP contribution >= 0.6 is 12.4 Å². The van der Waals surface area contributed by atoms with Crippen molar-refractivity contribution in [1.29, 1.82) is 0 Å². The number of halogens is 1. The third kappa shape index (κ3) is 5.02. The van der Waals surface area contributed by atoms with Crippen LogP contribution in [0.3, 0.4) is 0 Å². The van der Waals surface area contributed by atoms with Crippen molar-refractivity contribution in [3.05, 3.63) is 41.5 Å². The average molecular weight is 312 g/mol. The highest BCUT2D eigenvalue weighted by molar-refractivity contribution is 5.85. The maximum absolute atomic E-state index is 5.75. The van der Waals surface area contributed by atoms with Crippen LogP contribution in [0.5, 0.6) is 5.75 Å². The number of likely N-dealkylation sites (N-methyl/N-ethyl adjacent to an activating group) is 1. The molecule has 1 N–H and O–H groups in total. The molecule has 0 radical (unpaired) electrons. The molecule has 0 aliphatic heterocycles. The number of aromatic nitrogens is 2. The van der Waals surface area contributed by atoms with E-state index in [-0.39, 0.29) is 12.4 Å². The Balaban J connectivity index is 0.00000220. The van der Waals surface area contributed by atoms with Crippen LogP contribution in [0.25, 0.3) is 0 Å². The lowest BCUT2D eigenvalue weighted by Gasteiger charge is -2.07. The topological polar surface area (TPSA) is 60.2 Å². The highest BCUT2D eigenvalue weighted by Gasteiger charge is 2.10. The van der Waals surface area contributed by atoms with Crippen molar-refractivity contribution in [3.8, 4) is 5.75 Å². The molecule has 2 aromatic rings. The van der Waals surface area contributed by atoms with Crippen molar-refractivity contribution in [2.24, 2.45) is 0 Å². The summed E-state index contributed by atoms with van der Waals surface area (Å²) in [6, 6.07) is 8.31. The fourth-order valence-electron chi connectivity index (χ4n) is 1.88. The molecule has 6 heteroatoms. The smallest absolute Gasteiger partial charge is 0.264 e. The van der Waals surface area contributed by atoms with Crippen molar-refractivity contribution in [1.82, 2.24) is 15.5 Å². The molecule has 0 fully saturated rings. The third-order valence-electron chi connectivity index (χ3n) is 3.20. The number of hydrogen-bond acceptors (Lipinski definition) is 5. The Morgan fingerprint density at radius 1 is 1.33 bits per heavy atom. The SMILES string of the molecule is CCc1ccccc1OCc1nc(CC(C)NC)no1.Cl. The molecule has 2 rings (SSSR count). The van der Waals surface area contributed by atoms with Gasteiger partial charge in [-0.05, 0) is 32.0 Å². The lowest BCUT2D eigenvalue weighted by atomic mass is 10.1. The lowest BCUT2D eigenvalue weighted by molar-refractivity contribution is 0.240. The summed E-state index contributed by atoms with van der Waals surface area (Å²) in [5.41, 5.74) is 1.18. The van der Waals surface area contributed by atoms with Crippen LogP contribution in [-0.2, 0) is 19.4 Å². The molecule has 1 aromatic carbocycles. The van der Waals surface area contributed by atoms with E-state index in [1.165, 1.54) is 5.56 Å². The number of benzene rings is 1. The summed E-state index contributed by atoms with van der Waals surface area (Å²) in [7, 11) is 1.91. The van der Waals surface area contributed by atoms with E-state index < -0.39 is 0 Å². The minimum atomic E-state index is 0. The summed E-state index contributed by atoms with van der Waals surface area (Å²) in [6.07, 6.45) is 1.68. The third-order valence-corrected chi connectivity index (χ3v) is 3.20. The van der Waals surface area contributed by atoms with E-state index in [4.69, 9.17) is 9.26 Å². The van der Waals surface area contributed by atoms with E-state index >= 15 is 0 Å². The van der Waals surface area contributed by atoms with Gasteiger partial charge in [0, 0.05) is 12.5 Å². The van der Waals surface area contributed by atoms with Gasteiger partial charge < -0.3 is 14.6 Å². The second-order valence-corrected chi connectivity index (χ2v) is 4.75. The summed E-state index contributed by atoms with van der Waals surface area (Å²) >= 11 is 0. The van der Waals surface area contributed by atoms with E-state index in [9.17, 15) is 0 Å². The van der Waals surface area contributed by atoms with E-state index in [0.717, 1.165) is 18.6 Å². The number of aryl methyl sites for hydroxylation is 1. The van der Waals surface area contributed by atoms with Gasteiger partial charge in [0.1, 0.15) is 5.75 Å². The molecule has 5 nitrogen and oxygen atoms in total. The first-order chi connectivity index (χ1) is 9.72. The number of hydrogen-bond donors (Lipinski definition) is 1. The number of ether oxygens (including phenoxy) is 1. The van der Waals surface area contributed by atoms with Crippen LogP contribution in [0.1, 0.15) is 31.1 Å². The number of para-hydroxylation sites is 1. The van der Waals surface area contributed by atoms with Gasteiger partial charge in [0.2, 0.25) is 0 Å². The van der Waals surface area contributed by atoms with Crippen LogP contribution in [0.2, 0.25) is 0 Å². The molecule has 116 valence electrons. The zero-order chi connectivity index (χ0) is 14.4. The zero-order valence-corrected chi connectivity index (χ0v) is 13.4. The molecule has 1 heterocycles. The van der Waals surface area contributed by atoms with Gasteiger partial charge in [-0.15, -0.1) is 12.4 Å². The molecule has 0 bridgehead atoms. The van der Waals surface area contributed by atoms with Crippen molar-refractivity contribution in [2.75, 3.05) is 7.05 Å². The molecule has 0 amide bonds. The Morgan fingerprint density at radius 2 is 2.10 bits per heavy atom. The van der Waals surface area contributed by atoms with Crippen LogP contribution in [-0.4, -0.2) is 23.2 Å². The summed E-state index contributed by atoms with van der Waals surface area (Å²) in [4.78, 5) is 4.33. The van der Waals surface area contributed by atoms with Crippen LogP contribution in [0.15, 0.2) is 28.8 Å². The van der Waals surface area contributed by atoms with E-state index in [2.05, 4.69) is 35.4 Å². The molecule has 0 aliphatic rings. The zero-order valence-electron chi connectivity index (χ0n) is 12.6. The van der Waals surface area contributed by atoms with Crippen LogP contribution < -0.4 is 10.1 Å². The molecule has 0 spiro atoms. The first kappa shape index (κ1) is 17.5. The Bertz CT molecular complexity index is 545. The predicted octanol–water partition coefficient (Wildman–Crippen LogP) is 2.78. The minimum Gasteiger partial charge on any atom is -0.483 e. The quantitative estimate of drug-likeness (QED) is 0.852. The van der Waals surface area contributed by atoms with Gasteiger partial charge in [-0.25, -0.2) is 0 Å². The molecule has 1 aromatic heterocycles. The van der Waals surface area contributed by atoms with Gasteiger partial charge in [0.15, 0.2) is 12.4 Å². The molecule has 21 heavy (non-hydrogen) atoms. The molecular weight excluding hydrogens is 290 g/mol. The fraction of sp³-hybridized carbons (Fsp3) is 0.467. The Morgan fingerprint density at radius 3 is 2.81 bits per heavy atom. The van der Waals surface area contributed by atoms with E-state index in [0.29, 0.717) is 24.4 Å². The molecule has 1 unspecified atom stereocenters. The van der Waals surface area contributed by atoms with Gasteiger partial charge in [-0.2, -0.15) is 4.98 Å². The van der Waals surface area contributed by atoms with Crippen molar-refractivity contribution in [3.63, 3.8) is 0 Å². The molecule has 0 saturated heterocycles. The summed E-state index contributed by atoms with van der Waals surface area (Å²) < 4.78 is 10.9. The molecule has 0 saturated carbocycles. The van der Waals surface area contributed by atoms with Crippen LogP contribution in [0.4, 0.5) is 0 Å². The maximum Gasteiger partial charge on any atom is 0.264 e. The Kier molecular flexibility index (Phi) is 7.19. The first-order valence-electron chi connectivity index (χ1n) is 6.92. The van der Waals surface area contributed by atoms with Crippen molar-refractivity contribution >= 4 is 12.4 Å². The van der Waals surface area contributed by atoms with Gasteiger partial charge >= 0.3 is 0 Å². The lowest BCUT2D eigenvalue weighted by Crippen LogP contribution is -2.24. The van der Waals surface area contributed by atoms with Gasteiger partial charge in [0.05, 0.1) is 0 Å². The summed E-state index contributed by atoms with van der Waals surface area (Å²) in [6.45, 7) is 4.48. The van der Waals surface area contributed by atoms with Crippen molar-refractivity contribution in [2.45, 2.75) is 39.3 Å².